The number of carbonyl (C=O) groups is 2. The number of amides is 3. The molecule has 1 unspecified atom stereocenters. The topological polar surface area (TPSA) is 114 Å². The molecule has 3 amide bonds. The Hall–Kier alpha value is -4.57. The summed E-state index contributed by atoms with van der Waals surface area (Å²) < 4.78 is 5.96. The van der Waals surface area contributed by atoms with Crippen molar-refractivity contribution in [3.8, 4) is 5.75 Å². The van der Waals surface area contributed by atoms with Gasteiger partial charge in [0.2, 0.25) is 0 Å². The molecule has 4 rings (SSSR count). The Bertz CT molecular complexity index is 1480. The van der Waals surface area contributed by atoms with Gasteiger partial charge in [0.15, 0.2) is 0 Å². The fourth-order valence-corrected chi connectivity index (χ4v) is 4.25. The van der Waals surface area contributed by atoms with Crippen LogP contribution >= 0.6 is 12.8 Å². The van der Waals surface area contributed by atoms with Crippen molar-refractivity contribution in [2.45, 2.75) is 13.0 Å². The van der Waals surface area contributed by atoms with Crippen LogP contribution < -0.4 is 15.4 Å². The lowest BCUT2D eigenvalue weighted by Crippen LogP contribution is -2.38. The van der Waals surface area contributed by atoms with Crippen LogP contribution in [0.3, 0.4) is 0 Å². The number of hydrogen-bond donors (Lipinski definition) is 3. The van der Waals surface area contributed by atoms with Crippen LogP contribution in [0, 0.1) is 17.0 Å². The zero-order valence-electron chi connectivity index (χ0n) is 20.0. The van der Waals surface area contributed by atoms with Crippen LogP contribution in [0.5, 0.6) is 5.75 Å². The third-order valence-electron chi connectivity index (χ3n) is 5.85. The first-order valence-electron chi connectivity index (χ1n) is 11.3. The molecule has 4 aromatic carbocycles. The highest BCUT2D eigenvalue weighted by Crippen LogP contribution is 2.33. The van der Waals surface area contributed by atoms with E-state index in [0.29, 0.717) is 11.3 Å². The van der Waals surface area contributed by atoms with E-state index in [2.05, 4.69) is 23.4 Å². The number of aryl methyl sites for hydroxylation is 1. The summed E-state index contributed by atoms with van der Waals surface area (Å²) in [5.41, 5.74) is 1.56. The second-order valence-electron chi connectivity index (χ2n) is 8.20. The number of anilines is 2. The van der Waals surface area contributed by atoms with Crippen molar-refractivity contribution in [3.05, 3.63) is 106 Å². The zero-order valence-corrected chi connectivity index (χ0v) is 20.9. The molecule has 0 radical (unpaired) electrons. The third kappa shape index (κ3) is 5.49. The molecule has 9 nitrogen and oxygen atoms in total. The van der Waals surface area contributed by atoms with Gasteiger partial charge < -0.3 is 15.4 Å². The van der Waals surface area contributed by atoms with Gasteiger partial charge in [-0.25, -0.2) is 4.79 Å². The minimum atomic E-state index is -1.15. The molecule has 0 heterocycles. The molecule has 2 N–H and O–H groups in total. The van der Waals surface area contributed by atoms with Gasteiger partial charge in [0, 0.05) is 5.39 Å². The Morgan fingerprint density at radius 1 is 0.973 bits per heavy atom. The van der Waals surface area contributed by atoms with Crippen LogP contribution in [-0.2, 0) is 4.79 Å². The number of nitrogens with one attached hydrogen (secondary N) is 2. The van der Waals surface area contributed by atoms with E-state index in [9.17, 15) is 19.7 Å². The van der Waals surface area contributed by atoms with Crippen molar-refractivity contribution in [1.29, 1.82) is 0 Å². The van der Waals surface area contributed by atoms with Crippen LogP contribution in [-0.4, -0.2) is 28.3 Å². The molecular weight excluding hydrogens is 492 g/mol. The number of nitro groups is 1. The largest absolute Gasteiger partial charge is 0.496 e. The Balaban J connectivity index is 1.67. The molecule has 10 heteroatoms. The van der Waals surface area contributed by atoms with Crippen LogP contribution in [0.25, 0.3) is 10.8 Å². The second-order valence-corrected chi connectivity index (χ2v) is 8.63. The highest BCUT2D eigenvalue weighted by atomic mass is 32.1. The van der Waals surface area contributed by atoms with Crippen LogP contribution in [0.2, 0.25) is 0 Å². The van der Waals surface area contributed by atoms with E-state index in [-0.39, 0.29) is 17.1 Å². The predicted octanol–water partition coefficient (Wildman–Crippen LogP) is 6.12. The van der Waals surface area contributed by atoms with Gasteiger partial charge in [-0.3, -0.25) is 19.2 Å². The van der Waals surface area contributed by atoms with E-state index in [1.165, 1.54) is 25.3 Å². The summed E-state index contributed by atoms with van der Waals surface area (Å²) in [6.07, 6.45) is 0. The second kappa shape index (κ2) is 11.0. The number of rotatable bonds is 7. The van der Waals surface area contributed by atoms with Crippen molar-refractivity contribution in [2.24, 2.45) is 0 Å². The van der Waals surface area contributed by atoms with E-state index >= 15 is 0 Å². The predicted molar refractivity (Wildman–Crippen MR) is 146 cm³/mol. The number of carbonyl (C=O) groups excluding carboxylic acids is 2. The number of methoxy groups -OCH3 is 1. The van der Waals surface area contributed by atoms with Gasteiger partial charge in [-0.2, -0.15) is 0 Å². The Labute approximate surface area is 218 Å². The molecule has 37 heavy (non-hydrogen) atoms. The number of hydrogen-bond acceptors (Lipinski definition) is 6. The van der Waals surface area contributed by atoms with E-state index in [1.807, 2.05) is 43.3 Å². The van der Waals surface area contributed by atoms with Gasteiger partial charge >= 0.3 is 6.03 Å². The summed E-state index contributed by atoms with van der Waals surface area (Å²) in [7, 11) is 1.38. The van der Waals surface area contributed by atoms with Gasteiger partial charge in [-0.1, -0.05) is 79.5 Å². The Kier molecular flexibility index (Phi) is 7.59. The van der Waals surface area contributed by atoms with Crippen molar-refractivity contribution in [3.63, 3.8) is 0 Å². The maximum Gasteiger partial charge on any atom is 0.332 e. The summed E-state index contributed by atoms with van der Waals surface area (Å²) in [5.74, 6) is -0.237. The molecule has 0 fully saturated rings. The lowest BCUT2D eigenvalue weighted by atomic mass is 10.0. The summed E-state index contributed by atoms with van der Waals surface area (Å²) in [6.45, 7) is 1.88. The number of nitro benzene ring substituents is 1. The van der Waals surface area contributed by atoms with E-state index in [0.717, 1.165) is 20.6 Å². The van der Waals surface area contributed by atoms with Gasteiger partial charge in [-0.15, -0.1) is 0 Å². The molecule has 188 valence electrons. The minimum absolute atomic E-state index is 0.0630. The summed E-state index contributed by atoms with van der Waals surface area (Å²) >= 11 is 4.36. The first-order chi connectivity index (χ1) is 17.8. The number of thiol groups is 1. The molecule has 0 saturated heterocycles. The molecule has 4 aromatic rings. The van der Waals surface area contributed by atoms with Gasteiger partial charge in [-0.05, 0) is 35.6 Å². The van der Waals surface area contributed by atoms with Crippen molar-refractivity contribution in [2.75, 3.05) is 17.7 Å². The first kappa shape index (κ1) is 25.5. The van der Waals surface area contributed by atoms with Crippen molar-refractivity contribution >= 4 is 52.6 Å². The molecular formula is C27H24N4O5S. The number of ether oxygens (including phenoxy) is 1. The first-order valence-corrected chi connectivity index (χ1v) is 11.7. The molecule has 1 atom stereocenters. The lowest BCUT2D eigenvalue weighted by molar-refractivity contribution is -0.384. The van der Waals surface area contributed by atoms with E-state index in [4.69, 9.17) is 4.74 Å². The molecule has 0 spiro atoms. The lowest BCUT2D eigenvalue weighted by Gasteiger charge is -2.27. The van der Waals surface area contributed by atoms with Crippen LogP contribution in [0.4, 0.5) is 21.9 Å². The fraction of sp³-hybridized carbons (Fsp3) is 0.111. The highest BCUT2D eigenvalue weighted by Gasteiger charge is 2.31. The molecule has 0 saturated carbocycles. The van der Waals surface area contributed by atoms with Crippen LogP contribution in [0.1, 0.15) is 17.2 Å². The molecule has 0 aromatic heterocycles. The van der Waals surface area contributed by atoms with Gasteiger partial charge in [0.1, 0.15) is 17.5 Å². The van der Waals surface area contributed by atoms with Gasteiger partial charge in [0.05, 0.1) is 23.8 Å². The maximum atomic E-state index is 13.7. The smallest absolute Gasteiger partial charge is 0.332 e. The van der Waals surface area contributed by atoms with E-state index < -0.39 is 22.9 Å². The van der Waals surface area contributed by atoms with Crippen molar-refractivity contribution in [1.82, 2.24) is 4.31 Å². The highest BCUT2D eigenvalue weighted by molar-refractivity contribution is 7.78. The average Bonchev–Trinajstić information content (AvgIpc) is 2.91. The average molecular weight is 517 g/mol. The van der Waals surface area contributed by atoms with Crippen molar-refractivity contribution < 1.29 is 19.2 Å². The quantitative estimate of drug-likeness (QED) is 0.155. The summed E-state index contributed by atoms with van der Waals surface area (Å²) in [4.78, 5) is 37.8. The van der Waals surface area contributed by atoms with Crippen LogP contribution in [0.15, 0.2) is 84.9 Å². The summed E-state index contributed by atoms with van der Waals surface area (Å²) in [6, 6.07) is 22.2. The molecule has 0 aliphatic carbocycles. The number of fused-ring (bicyclic) bond motifs is 1. The number of urea groups is 1. The molecule has 0 aliphatic rings. The fourth-order valence-electron chi connectivity index (χ4n) is 3.96. The SMILES string of the molecule is COc1ccc(NC(=O)N(S)C(C(=O)Nc2c(C)ccc3ccccc23)c2ccccc2)c([N+](=O)[O-])c1. The third-order valence-corrected chi connectivity index (χ3v) is 6.26. The zero-order chi connectivity index (χ0) is 26.5. The Morgan fingerprint density at radius 2 is 1.68 bits per heavy atom. The molecule has 0 aliphatic heterocycles. The number of benzene rings is 4. The summed E-state index contributed by atoms with van der Waals surface area (Å²) in [5, 5.41) is 18.8. The maximum absolute atomic E-state index is 13.7. The standard InChI is InChI=1S/C27H24N4O5S/c1-17-12-13-18-8-6-7-11-21(18)24(17)29-26(32)25(19-9-4-3-5-10-19)30(37)27(33)28-22-15-14-20(36-2)16-23(22)31(34)35/h3-16,25,37H,1-2H3,(H,28,33)(H,29,32). The molecule has 0 bridgehead atoms. The van der Waals surface area contributed by atoms with E-state index in [1.54, 1.807) is 30.3 Å². The Morgan fingerprint density at radius 3 is 2.38 bits per heavy atom. The number of nitrogens with zero attached hydrogens (tertiary/aromatic N) is 2. The van der Waals surface area contributed by atoms with Gasteiger partial charge in [0.25, 0.3) is 11.6 Å². The monoisotopic (exact) mass is 516 g/mol. The normalized spacial score (nSPS) is 11.4. The minimum Gasteiger partial charge on any atom is -0.496 e.